The van der Waals surface area contributed by atoms with Crippen molar-refractivity contribution in [2.75, 3.05) is 19.1 Å². The van der Waals surface area contributed by atoms with Crippen molar-refractivity contribution in [1.29, 1.82) is 0 Å². The first-order valence-corrected chi connectivity index (χ1v) is 8.08. The minimum Gasteiger partial charge on any atom is -0.495 e. The number of pyridine rings is 1. The summed E-state index contributed by atoms with van der Waals surface area (Å²) in [4.78, 5) is 16.4. The fourth-order valence-corrected chi connectivity index (χ4v) is 2.66. The molecule has 0 fully saturated rings. The van der Waals surface area contributed by atoms with Gasteiger partial charge in [-0.15, -0.1) is 0 Å². The smallest absolute Gasteiger partial charge is 0.271 e. The van der Waals surface area contributed by atoms with Gasteiger partial charge in [-0.05, 0) is 12.5 Å². The molecule has 2 heterocycles. The molecular formula is C18H21N5O2. The van der Waals surface area contributed by atoms with Gasteiger partial charge in [0.2, 0.25) is 0 Å². The van der Waals surface area contributed by atoms with Crippen LogP contribution in [0.2, 0.25) is 0 Å². The SMILES string of the molecule is CCCNC(=O)C1=C(N)c2cccc(-c3cncc(OC)c3)c2NN1. The van der Waals surface area contributed by atoms with Gasteiger partial charge in [0.15, 0.2) is 0 Å². The van der Waals surface area contributed by atoms with Gasteiger partial charge in [0.25, 0.3) is 5.91 Å². The highest BCUT2D eigenvalue weighted by molar-refractivity contribution is 6.04. The second-order valence-corrected chi connectivity index (χ2v) is 5.64. The molecule has 0 atom stereocenters. The molecule has 7 heteroatoms. The normalized spacial score (nSPS) is 12.7. The Morgan fingerprint density at radius 3 is 2.84 bits per heavy atom. The van der Waals surface area contributed by atoms with Gasteiger partial charge in [-0.25, -0.2) is 0 Å². The van der Waals surface area contributed by atoms with E-state index in [4.69, 9.17) is 10.5 Å². The Balaban J connectivity index is 2.02. The molecule has 0 radical (unpaired) electrons. The summed E-state index contributed by atoms with van der Waals surface area (Å²) in [5.41, 5.74) is 16.3. The van der Waals surface area contributed by atoms with Gasteiger partial charge in [0.1, 0.15) is 11.4 Å². The van der Waals surface area contributed by atoms with E-state index in [2.05, 4.69) is 21.2 Å². The highest BCUT2D eigenvalue weighted by Gasteiger charge is 2.23. The quantitative estimate of drug-likeness (QED) is 0.663. The van der Waals surface area contributed by atoms with Gasteiger partial charge in [0, 0.05) is 29.4 Å². The molecular weight excluding hydrogens is 318 g/mol. The van der Waals surface area contributed by atoms with Crippen LogP contribution in [-0.2, 0) is 4.79 Å². The molecule has 5 N–H and O–H groups in total. The van der Waals surface area contributed by atoms with Crippen LogP contribution in [0.15, 0.2) is 42.4 Å². The first kappa shape index (κ1) is 16.6. The van der Waals surface area contributed by atoms with Crippen LogP contribution in [0.5, 0.6) is 5.75 Å². The van der Waals surface area contributed by atoms with Crippen molar-refractivity contribution in [3.05, 3.63) is 47.9 Å². The number of benzene rings is 1. The number of anilines is 1. The number of hydrazine groups is 1. The molecule has 1 aromatic heterocycles. The predicted molar refractivity (Wildman–Crippen MR) is 97.4 cm³/mol. The van der Waals surface area contributed by atoms with Crippen molar-refractivity contribution in [1.82, 2.24) is 15.7 Å². The van der Waals surface area contributed by atoms with Crippen LogP contribution in [0.3, 0.4) is 0 Å². The van der Waals surface area contributed by atoms with E-state index in [-0.39, 0.29) is 5.91 Å². The summed E-state index contributed by atoms with van der Waals surface area (Å²) in [6.07, 6.45) is 4.26. The van der Waals surface area contributed by atoms with E-state index in [0.29, 0.717) is 23.7 Å². The van der Waals surface area contributed by atoms with Gasteiger partial charge in [0.05, 0.1) is 24.7 Å². The van der Waals surface area contributed by atoms with Crippen LogP contribution in [0.1, 0.15) is 18.9 Å². The number of nitrogens with one attached hydrogen (secondary N) is 3. The predicted octanol–water partition coefficient (Wildman–Crippen LogP) is 1.84. The lowest BCUT2D eigenvalue weighted by atomic mass is 9.98. The molecule has 130 valence electrons. The summed E-state index contributed by atoms with van der Waals surface area (Å²) in [7, 11) is 1.60. The Labute approximate surface area is 146 Å². The summed E-state index contributed by atoms with van der Waals surface area (Å²) in [6, 6.07) is 7.63. The standard InChI is InChI=1S/C18H21N5O2/c1-3-7-21-18(24)17-15(19)14-6-4-5-13(16(14)22-23-17)11-8-12(25-2)10-20-9-11/h4-6,8-10,22-23H,3,7,19H2,1-2H3,(H,21,24). The maximum absolute atomic E-state index is 12.2. The zero-order chi connectivity index (χ0) is 17.8. The number of ether oxygens (including phenoxy) is 1. The Kier molecular flexibility index (Phi) is 4.74. The molecule has 2 aromatic rings. The second kappa shape index (κ2) is 7.12. The van der Waals surface area contributed by atoms with E-state index in [1.54, 1.807) is 19.5 Å². The molecule has 0 saturated heterocycles. The molecule has 25 heavy (non-hydrogen) atoms. The number of carbonyl (C=O) groups is 1. The minimum atomic E-state index is -0.231. The number of rotatable bonds is 5. The molecule has 1 amide bonds. The summed E-state index contributed by atoms with van der Waals surface area (Å²) in [5.74, 6) is 0.438. The fourth-order valence-electron chi connectivity index (χ4n) is 2.66. The van der Waals surface area contributed by atoms with E-state index < -0.39 is 0 Å². The molecule has 7 nitrogen and oxygen atoms in total. The number of methoxy groups -OCH3 is 1. The van der Waals surface area contributed by atoms with E-state index >= 15 is 0 Å². The van der Waals surface area contributed by atoms with Crippen LogP contribution in [0.25, 0.3) is 16.8 Å². The Morgan fingerprint density at radius 2 is 2.08 bits per heavy atom. The topological polar surface area (TPSA) is 101 Å². The van der Waals surface area contributed by atoms with Gasteiger partial charge in [-0.2, -0.15) is 0 Å². The van der Waals surface area contributed by atoms with Gasteiger partial charge in [-0.3, -0.25) is 20.6 Å². The van der Waals surface area contributed by atoms with Gasteiger partial charge < -0.3 is 15.8 Å². The van der Waals surface area contributed by atoms with Gasteiger partial charge >= 0.3 is 0 Å². The van der Waals surface area contributed by atoms with Crippen molar-refractivity contribution in [2.45, 2.75) is 13.3 Å². The lowest BCUT2D eigenvalue weighted by Gasteiger charge is -2.25. The van der Waals surface area contributed by atoms with Crippen molar-refractivity contribution in [3.63, 3.8) is 0 Å². The average Bonchev–Trinajstić information content (AvgIpc) is 2.66. The maximum atomic E-state index is 12.2. The third-order valence-corrected chi connectivity index (χ3v) is 3.96. The second-order valence-electron chi connectivity index (χ2n) is 5.64. The molecule has 0 saturated carbocycles. The summed E-state index contributed by atoms with van der Waals surface area (Å²) >= 11 is 0. The zero-order valence-electron chi connectivity index (χ0n) is 14.2. The molecule has 3 rings (SSSR count). The van der Waals surface area contributed by atoms with Crippen LogP contribution >= 0.6 is 0 Å². The summed E-state index contributed by atoms with van der Waals surface area (Å²) < 4.78 is 5.24. The van der Waals surface area contributed by atoms with Crippen LogP contribution < -0.4 is 26.6 Å². The van der Waals surface area contributed by atoms with E-state index in [1.807, 2.05) is 31.2 Å². The lowest BCUT2D eigenvalue weighted by Crippen LogP contribution is -2.39. The number of nitrogens with two attached hydrogens (primary N) is 1. The Bertz CT molecular complexity index is 832. The van der Waals surface area contributed by atoms with E-state index in [9.17, 15) is 4.79 Å². The monoisotopic (exact) mass is 339 g/mol. The number of para-hydroxylation sites is 1. The fraction of sp³-hybridized carbons (Fsp3) is 0.222. The molecule has 0 aliphatic carbocycles. The largest absolute Gasteiger partial charge is 0.495 e. The Hall–Kier alpha value is -3.22. The third-order valence-electron chi connectivity index (χ3n) is 3.96. The van der Waals surface area contributed by atoms with Crippen LogP contribution in [0, 0.1) is 0 Å². The first-order chi connectivity index (χ1) is 12.2. The van der Waals surface area contributed by atoms with Crippen molar-refractivity contribution in [2.24, 2.45) is 5.73 Å². The highest BCUT2D eigenvalue weighted by atomic mass is 16.5. The van der Waals surface area contributed by atoms with Crippen molar-refractivity contribution >= 4 is 17.3 Å². The number of amides is 1. The van der Waals surface area contributed by atoms with Crippen LogP contribution in [-0.4, -0.2) is 24.5 Å². The number of aromatic nitrogens is 1. The number of carbonyl (C=O) groups excluding carboxylic acids is 1. The molecule has 1 aliphatic rings. The maximum Gasteiger partial charge on any atom is 0.271 e. The molecule has 0 unspecified atom stereocenters. The van der Waals surface area contributed by atoms with Crippen molar-refractivity contribution < 1.29 is 9.53 Å². The Morgan fingerprint density at radius 1 is 1.28 bits per heavy atom. The molecule has 0 bridgehead atoms. The van der Waals surface area contributed by atoms with Crippen LogP contribution in [0.4, 0.5) is 5.69 Å². The number of fused-ring (bicyclic) bond motifs is 1. The number of nitrogens with zero attached hydrogens (tertiary/aromatic N) is 1. The number of hydrogen-bond donors (Lipinski definition) is 4. The third kappa shape index (κ3) is 3.21. The lowest BCUT2D eigenvalue weighted by molar-refractivity contribution is -0.117. The average molecular weight is 339 g/mol. The number of hydrogen-bond acceptors (Lipinski definition) is 6. The zero-order valence-corrected chi connectivity index (χ0v) is 14.2. The van der Waals surface area contributed by atoms with Crippen molar-refractivity contribution in [3.8, 4) is 16.9 Å². The highest BCUT2D eigenvalue weighted by Crippen LogP contribution is 2.36. The molecule has 1 aliphatic heterocycles. The minimum absolute atomic E-state index is 0.231. The molecule has 0 spiro atoms. The summed E-state index contributed by atoms with van der Waals surface area (Å²) in [6.45, 7) is 2.59. The van der Waals surface area contributed by atoms with Gasteiger partial charge in [-0.1, -0.05) is 25.1 Å². The van der Waals surface area contributed by atoms with E-state index in [0.717, 1.165) is 28.8 Å². The summed E-state index contributed by atoms with van der Waals surface area (Å²) in [5, 5.41) is 2.82. The first-order valence-electron chi connectivity index (χ1n) is 8.08. The van der Waals surface area contributed by atoms with E-state index in [1.165, 1.54) is 0 Å². The molecule has 1 aromatic carbocycles.